The van der Waals surface area contributed by atoms with E-state index in [-0.39, 0.29) is 23.2 Å². The number of halogens is 1. The van der Waals surface area contributed by atoms with E-state index in [1.54, 1.807) is 19.1 Å². The second-order valence-electron chi connectivity index (χ2n) is 5.48. The van der Waals surface area contributed by atoms with Gasteiger partial charge in [-0.2, -0.15) is 0 Å². The highest BCUT2D eigenvalue weighted by Gasteiger charge is 2.15. The number of hydrogen-bond acceptors (Lipinski definition) is 8. The van der Waals surface area contributed by atoms with E-state index in [9.17, 15) is 9.59 Å². The van der Waals surface area contributed by atoms with Crippen molar-refractivity contribution in [3.8, 4) is 0 Å². The summed E-state index contributed by atoms with van der Waals surface area (Å²) in [6.45, 7) is 2.23. The Labute approximate surface area is 168 Å². The first kappa shape index (κ1) is 19.3. The summed E-state index contributed by atoms with van der Waals surface area (Å²) < 4.78 is 0. The van der Waals surface area contributed by atoms with Gasteiger partial charge in [0.1, 0.15) is 10.0 Å². The van der Waals surface area contributed by atoms with Crippen LogP contribution in [-0.2, 0) is 17.8 Å². The summed E-state index contributed by atoms with van der Waals surface area (Å²) in [4.78, 5) is 24.1. The van der Waals surface area contributed by atoms with Crippen molar-refractivity contribution < 1.29 is 9.59 Å². The number of nitrogens with one attached hydrogen (secondary N) is 2. The lowest BCUT2D eigenvalue weighted by Crippen LogP contribution is -2.22. The molecule has 2 aromatic heterocycles. The average Bonchev–Trinajstić information content (AvgIpc) is 3.28. The first-order chi connectivity index (χ1) is 13.0. The molecule has 0 aliphatic carbocycles. The number of aryl methyl sites for hydroxylation is 2. The van der Waals surface area contributed by atoms with Crippen molar-refractivity contribution in [3.05, 3.63) is 49.9 Å². The lowest BCUT2D eigenvalue weighted by atomic mass is 10.2. The third kappa shape index (κ3) is 5.78. The van der Waals surface area contributed by atoms with E-state index in [4.69, 9.17) is 11.6 Å². The van der Waals surface area contributed by atoms with Gasteiger partial charge in [0.2, 0.25) is 16.0 Å². The van der Waals surface area contributed by atoms with E-state index < -0.39 is 0 Å². The minimum absolute atomic E-state index is 0.101. The van der Waals surface area contributed by atoms with Gasteiger partial charge in [-0.15, -0.1) is 20.4 Å². The third-order valence-electron chi connectivity index (χ3n) is 3.38. The molecule has 140 valence electrons. The number of carbonyl (C=O) groups excluding carboxylic acids is 2. The number of benzene rings is 1. The summed E-state index contributed by atoms with van der Waals surface area (Å²) in [5.41, 5.74) is 0.967. The summed E-state index contributed by atoms with van der Waals surface area (Å²) in [6, 6.07) is 7.27. The van der Waals surface area contributed by atoms with Crippen LogP contribution in [0.1, 0.15) is 31.8 Å². The maximum atomic E-state index is 12.1. The molecule has 0 radical (unpaired) electrons. The molecule has 0 bridgehead atoms. The minimum Gasteiger partial charge on any atom is -0.352 e. The topological polar surface area (TPSA) is 110 Å². The quantitative estimate of drug-likeness (QED) is 0.605. The van der Waals surface area contributed by atoms with Gasteiger partial charge in [0.05, 0.1) is 0 Å². The Morgan fingerprint density at radius 3 is 2.56 bits per heavy atom. The molecule has 2 amide bonds. The lowest BCUT2D eigenvalue weighted by Gasteiger charge is -2.04. The van der Waals surface area contributed by atoms with Gasteiger partial charge in [-0.05, 0) is 24.6 Å². The molecule has 2 N–H and O–H groups in total. The molecule has 11 heteroatoms. The standard InChI is InChI=1S/C16H15ClN6O2S2/c1-9-20-23-16(26-9)19-14(25)15-22-21-13(27-15)7-6-12(24)18-8-10-2-4-11(17)5-3-10/h2-5H,6-8H2,1H3,(H,18,24)(H,19,23,25). The van der Waals surface area contributed by atoms with Gasteiger partial charge < -0.3 is 5.32 Å². The lowest BCUT2D eigenvalue weighted by molar-refractivity contribution is -0.121. The van der Waals surface area contributed by atoms with Gasteiger partial charge in [0.25, 0.3) is 5.91 Å². The molecule has 27 heavy (non-hydrogen) atoms. The maximum Gasteiger partial charge on any atom is 0.288 e. The fourth-order valence-electron chi connectivity index (χ4n) is 2.06. The number of hydrogen-bond donors (Lipinski definition) is 2. The summed E-state index contributed by atoms with van der Waals surface area (Å²) in [6.07, 6.45) is 0.675. The molecular formula is C16H15ClN6O2S2. The van der Waals surface area contributed by atoms with E-state index in [2.05, 4.69) is 31.0 Å². The van der Waals surface area contributed by atoms with Crippen molar-refractivity contribution >= 4 is 51.2 Å². The number of anilines is 1. The Kier molecular flexibility index (Phi) is 6.43. The maximum absolute atomic E-state index is 12.1. The van der Waals surface area contributed by atoms with Gasteiger partial charge in [0, 0.05) is 24.4 Å². The number of amides is 2. The van der Waals surface area contributed by atoms with E-state index in [1.165, 1.54) is 11.3 Å². The van der Waals surface area contributed by atoms with Crippen LogP contribution in [0.2, 0.25) is 5.02 Å². The Morgan fingerprint density at radius 2 is 1.85 bits per heavy atom. The Hall–Kier alpha value is -2.43. The summed E-state index contributed by atoms with van der Waals surface area (Å²) >= 11 is 8.26. The van der Waals surface area contributed by atoms with Crippen LogP contribution in [-0.4, -0.2) is 32.2 Å². The average molecular weight is 423 g/mol. The smallest absolute Gasteiger partial charge is 0.288 e. The molecule has 0 spiro atoms. The van der Waals surface area contributed by atoms with Crippen LogP contribution in [0, 0.1) is 6.92 Å². The number of nitrogens with zero attached hydrogens (tertiary/aromatic N) is 4. The molecular weight excluding hydrogens is 408 g/mol. The normalized spacial score (nSPS) is 10.6. The minimum atomic E-state index is -0.387. The van der Waals surface area contributed by atoms with Crippen LogP contribution in [0.15, 0.2) is 24.3 Å². The zero-order chi connectivity index (χ0) is 19.2. The van der Waals surface area contributed by atoms with E-state index >= 15 is 0 Å². The van der Waals surface area contributed by atoms with Crippen molar-refractivity contribution in [1.82, 2.24) is 25.7 Å². The SMILES string of the molecule is Cc1nnc(NC(=O)c2nnc(CCC(=O)NCc3ccc(Cl)cc3)s2)s1. The highest BCUT2D eigenvalue weighted by molar-refractivity contribution is 7.15. The zero-order valence-corrected chi connectivity index (χ0v) is 16.6. The fourth-order valence-corrected chi connectivity index (χ4v) is 3.50. The largest absolute Gasteiger partial charge is 0.352 e. The van der Waals surface area contributed by atoms with Gasteiger partial charge in [-0.3, -0.25) is 14.9 Å². The van der Waals surface area contributed by atoms with Gasteiger partial charge >= 0.3 is 0 Å². The molecule has 8 nitrogen and oxygen atoms in total. The number of rotatable bonds is 7. The van der Waals surface area contributed by atoms with Crippen LogP contribution in [0.3, 0.4) is 0 Å². The van der Waals surface area contributed by atoms with Crippen molar-refractivity contribution in [2.45, 2.75) is 26.3 Å². The van der Waals surface area contributed by atoms with E-state index in [0.717, 1.165) is 21.9 Å². The summed E-state index contributed by atoms with van der Waals surface area (Å²) in [5.74, 6) is -0.488. The molecule has 3 aromatic rings. The van der Waals surface area contributed by atoms with Crippen molar-refractivity contribution in [2.24, 2.45) is 0 Å². The van der Waals surface area contributed by atoms with Gasteiger partial charge in [-0.1, -0.05) is 46.4 Å². The van der Waals surface area contributed by atoms with E-state index in [1.807, 2.05) is 12.1 Å². The predicted octanol–water partition coefficient (Wildman–Crippen LogP) is 2.85. The third-order valence-corrected chi connectivity index (χ3v) is 5.36. The first-order valence-corrected chi connectivity index (χ1v) is 9.95. The Morgan fingerprint density at radius 1 is 1.07 bits per heavy atom. The molecule has 1 aromatic carbocycles. The fraction of sp³-hybridized carbons (Fsp3) is 0.250. The molecule has 0 saturated carbocycles. The van der Waals surface area contributed by atoms with Crippen LogP contribution in [0.25, 0.3) is 0 Å². The van der Waals surface area contributed by atoms with Gasteiger partial charge in [0.15, 0.2) is 0 Å². The molecule has 0 saturated heterocycles. The van der Waals surface area contributed by atoms with Crippen LogP contribution in [0.4, 0.5) is 5.13 Å². The molecule has 0 unspecified atom stereocenters. The molecule has 0 aliphatic heterocycles. The van der Waals surface area contributed by atoms with Crippen LogP contribution >= 0.6 is 34.3 Å². The van der Waals surface area contributed by atoms with Crippen LogP contribution < -0.4 is 10.6 Å². The Bertz CT molecular complexity index is 941. The molecule has 0 atom stereocenters. The summed E-state index contributed by atoms with van der Waals surface area (Å²) in [7, 11) is 0. The molecule has 0 fully saturated rings. The molecule has 3 rings (SSSR count). The van der Waals surface area contributed by atoms with Gasteiger partial charge in [-0.25, -0.2) is 0 Å². The first-order valence-electron chi connectivity index (χ1n) is 7.94. The highest BCUT2D eigenvalue weighted by Crippen LogP contribution is 2.17. The van der Waals surface area contributed by atoms with E-state index in [0.29, 0.717) is 28.1 Å². The summed E-state index contributed by atoms with van der Waals surface area (Å²) in [5, 5.41) is 23.6. The molecule has 2 heterocycles. The zero-order valence-electron chi connectivity index (χ0n) is 14.2. The second kappa shape index (κ2) is 8.98. The van der Waals surface area contributed by atoms with Crippen molar-refractivity contribution in [1.29, 1.82) is 0 Å². The monoisotopic (exact) mass is 422 g/mol. The van der Waals surface area contributed by atoms with Crippen molar-refractivity contribution in [3.63, 3.8) is 0 Å². The van der Waals surface area contributed by atoms with Crippen LogP contribution in [0.5, 0.6) is 0 Å². The number of carbonyl (C=O) groups is 2. The number of aromatic nitrogens is 4. The molecule has 0 aliphatic rings. The second-order valence-corrected chi connectivity index (χ2v) is 8.16. The van der Waals surface area contributed by atoms with Crippen molar-refractivity contribution in [2.75, 3.05) is 5.32 Å². The Balaban J connectivity index is 1.45. The highest BCUT2D eigenvalue weighted by atomic mass is 35.5. The predicted molar refractivity (Wildman–Crippen MR) is 104 cm³/mol.